The summed E-state index contributed by atoms with van der Waals surface area (Å²) < 4.78 is 1.70. The maximum absolute atomic E-state index is 12.8. The Morgan fingerprint density at radius 1 is 0.968 bits per heavy atom. The number of carbonyl (C=O) groups is 1. The van der Waals surface area contributed by atoms with Crippen LogP contribution in [0.4, 0.5) is 0 Å². The monoisotopic (exact) mass is 436 g/mol. The van der Waals surface area contributed by atoms with Crippen LogP contribution in [0, 0.1) is 20.8 Å². The number of aryl methyl sites for hydroxylation is 3. The largest absolute Gasteiger partial charge is 0.339 e. The van der Waals surface area contributed by atoms with E-state index in [1.807, 2.05) is 11.0 Å². The number of hydrogen-bond acceptors (Lipinski definition) is 6. The molecule has 1 aromatic heterocycles. The topological polar surface area (TPSA) is 67.2 Å². The highest BCUT2D eigenvalue weighted by Gasteiger charge is 2.22. The molecule has 4 rings (SSSR count). The molecule has 7 nitrogen and oxygen atoms in total. The molecule has 8 heteroatoms. The van der Waals surface area contributed by atoms with Gasteiger partial charge in [-0.15, -0.1) is 5.10 Å². The zero-order valence-corrected chi connectivity index (χ0v) is 19.1. The molecular weight excluding hydrogens is 408 g/mol. The molecule has 1 aliphatic heterocycles. The number of hydrogen-bond donors (Lipinski definition) is 0. The van der Waals surface area contributed by atoms with Crippen LogP contribution in [0.5, 0.6) is 0 Å². The summed E-state index contributed by atoms with van der Waals surface area (Å²) in [4.78, 5) is 17.1. The molecule has 0 radical (unpaired) electrons. The van der Waals surface area contributed by atoms with Crippen LogP contribution >= 0.6 is 11.8 Å². The Hall–Kier alpha value is -2.71. The van der Waals surface area contributed by atoms with Crippen molar-refractivity contribution < 1.29 is 4.79 Å². The van der Waals surface area contributed by atoms with E-state index in [4.69, 9.17) is 0 Å². The fourth-order valence-electron chi connectivity index (χ4n) is 3.69. The first-order valence-electron chi connectivity index (χ1n) is 10.5. The summed E-state index contributed by atoms with van der Waals surface area (Å²) >= 11 is 1.39. The lowest BCUT2D eigenvalue weighted by Gasteiger charge is -2.35. The Balaban J connectivity index is 1.30. The molecule has 162 valence electrons. The standard InChI is InChI=1S/C23H28N6OS/c1-17-8-9-21(14-19(17)3)29-23(24-25-26-29)31-16-22(30)28-12-10-27(11-13-28)15-20-7-5-4-6-18(20)2/h4-9,14H,10-13,15-16H2,1-3H3. The van der Waals surface area contributed by atoms with Crippen LogP contribution in [0.15, 0.2) is 47.6 Å². The maximum atomic E-state index is 12.8. The number of piperazine rings is 1. The third kappa shape index (κ3) is 5.14. The van der Waals surface area contributed by atoms with Gasteiger partial charge in [-0.1, -0.05) is 42.1 Å². The van der Waals surface area contributed by atoms with Gasteiger partial charge in [0.15, 0.2) is 0 Å². The zero-order chi connectivity index (χ0) is 21.8. The number of nitrogens with zero attached hydrogens (tertiary/aromatic N) is 6. The van der Waals surface area contributed by atoms with E-state index in [9.17, 15) is 4.79 Å². The smallest absolute Gasteiger partial charge is 0.233 e. The SMILES string of the molecule is Cc1ccc(-n2nnnc2SCC(=O)N2CCN(Cc3ccccc3C)CC2)cc1C. The van der Waals surface area contributed by atoms with Gasteiger partial charge in [0, 0.05) is 32.7 Å². The molecule has 1 amide bonds. The van der Waals surface area contributed by atoms with E-state index in [1.165, 1.54) is 34.0 Å². The fourth-order valence-corrected chi connectivity index (χ4v) is 4.48. The average molecular weight is 437 g/mol. The molecule has 0 saturated carbocycles. The predicted molar refractivity (Wildman–Crippen MR) is 122 cm³/mol. The fraction of sp³-hybridized carbons (Fsp3) is 0.391. The van der Waals surface area contributed by atoms with Crippen molar-refractivity contribution in [2.24, 2.45) is 0 Å². The Kier molecular flexibility index (Phi) is 6.67. The Bertz CT molecular complexity index is 1060. The molecule has 0 N–H and O–H groups in total. The summed E-state index contributed by atoms with van der Waals surface area (Å²) in [6.07, 6.45) is 0. The molecule has 1 aliphatic rings. The van der Waals surface area contributed by atoms with E-state index in [2.05, 4.69) is 77.6 Å². The van der Waals surface area contributed by atoms with Crippen molar-refractivity contribution in [1.82, 2.24) is 30.0 Å². The molecule has 1 saturated heterocycles. The number of thioether (sulfide) groups is 1. The second kappa shape index (κ2) is 9.62. The van der Waals surface area contributed by atoms with Gasteiger partial charge in [-0.2, -0.15) is 4.68 Å². The zero-order valence-electron chi connectivity index (χ0n) is 18.3. The number of tetrazole rings is 1. The maximum Gasteiger partial charge on any atom is 0.233 e. The molecule has 0 aliphatic carbocycles. The highest BCUT2D eigenvalue weighted by atomic mass is 32.2. The number of amides is 1. The van der Waals surface area contributed by atoms with Crippen LogP contribution in [0.2, 0.25) is 0 Å². The van der Waals surface area contributed by atoms with Crippen molar-refractivity contribution in [3.63, 3.8) is 0 Å². The van der Waals surface area contributed by atoms with E-state index in [-0.39, 0.29) is 5.91 Å². The van der Waals surface area contributed by atoms with Crippen molar-refractivity contribution in [3.8, 4) is 5.69 Å². The lowest BCUT2D eigenvalue weighted by Crippen LogP contribution is -2.48. The first-order valence-corrected chi connectivity index (χ1v) is 11.5. The molecule has 2 aromatic carbocycles. The molecule has 0 atom stereocenters. The molecule has 0 spiro atoms. The predicted octanol–water partition coefficient (Wildman–Crippen LogP) is 3.02. The number of benzene rings is 2. The second-order valence-corrected chi connectivity index (χ2v) is 8.96. The average Bonchev–Trinajstić information content (AvgIpc) is 3.25. The Labute approximate surface area is 187 Å². The third-order valence-corrected chi connectivity index (χ3v) is 6.78. The van der Waals surface area contributed by atoms with Crippen molar-refractivity contribution in [2.45, 2.75) is 32.5 Å². The number of rotatable bonds is 6. The summed E-state index contributed by atoms with van der Waals surface area (Å²) in [6.45, 7) is 10.5. The Morgan fingerprint density at radius 2 is 1.74 bits per heavy atom. The molecular formula is C23H28N6OS. The normalized spacial score (nSPS) is 14.7. The highest BCUT2D eigenvalue weighted by molar-refractivity contribution is 7.99. The molecule has 1 fully saturated rings. The first-order chi connectivity index (χ1) is 15.0. The van der Waals surface area contributed by atoms with Gasteiger partial charge < -0.3 is 4.90 Å². The third-order valence-electron chi connectivity index (χ3n) is 5.88. The molecule has 0 bridgehead atoms. The molecule has 2 heterocycles. The van der Waals surface area contributed by atoms with Crippen molar-refractivity contribution in [1.29, 1.82) is 0 Å². The van der Waals surface area contributed by atoms with Gasteiger partial charge in [-0.05, 0) is 65.6 Å². The van der Waals surface area contributed by atoms with E-state index in [0.717, 1.165) is 38.4 Å². The van der Waals surface area contributed by atoms with E-state index in [1.54, 1.807) is 4.68 Å². The van der Waals surface area contributed by atoms with Gasteiger partial charge in [0.05, 0.1) is 11.4 Å². The minimum absolute atomic E-state index is 0.134. The van der Waals surface area contributed by atoms with Crippen LogP contribution in [0.3, 0.4) is 0 Å². The van der Waals surface area contributed by atoms with Gasteiger partial charge in [-0.25, -0.2) is 0 Å². The second-order valence-electron chi connectivity index (χ2n) is 8.01. The van der Waals surface area contributed by atoms with Crippen molar-refractivity contribution in [3.05, 3.63) is 64.7 Å². The van der Waals surface area contributed by atoms with Crippen LogP contribution in [0.25, 0.3) is 5.69 Å². The molecule has 0 unspecified atom stereocenters. The first kappa shape index (κ1) is 21.5. The number of carbonyl (C=O) groups excluding carboxylic acids is 1. The van der Waals surface area contributed by atoms with E-state index >= 15 is 0 Å². The lowest BCUT2D eigenvalue weighted by atomic mass is 10.1. The quantitative estimate of drug-likeness (QED) is 0.554. The van der Waals surface area contributed by atoms with E-state index < -0.39 is 0 Å². The van der Waals surface area contributed by atoms with Gasteiger partial charge in [-0.3, -0.25) is 9.69 Å². The van der Waals surface area contributed by atoms with Gasteiger partial charge in [0.2, 0.25) is 11.1 Å². The van der Waals surface area contributed by atoms with Crippen LogP contribution in [-0.2, 0) is 11.3 Å². The summed E-state index contributed by atoms with van der Waals surface area (Å²) in [5.74, 6) is 0.471. The molecule has 31 heavy (non-hydrogen) atoms. The lowest BCUT2D eigenvalue weighted by molar-refractivity contribution is -0.130. The van der Waals surface area contributed by atoms with Gasteiger partial charge >= 0.3 is 0 Å². The Morgan fingerprint density at radius 3 is 2.48 bits per heavy atom. The minimum Gasteiger partial charge on any atom is -0.339 e. The summed E-state index contributed by atoms with van der Waals surface area (Å²) in [5.41, 5.74) is 5.99. The molecule has 3 aromatic rings. The highest BCUT2D eigenvalue weighted by Crippen LogP contribution is 2.21. The van der Waals surface area contributed by atoms with Crippen LogP contribution < -0.4 is 0 Å². The van der Waals surface area contributed by atoms with Gasteiger partial charge in [0.1, 0.15) is 0 Å². The van der Waals surface area contributed by atoms with Crippen molar-refractivity contribution >= 4 is 17.7 Å². The summed E-state index contributed by atoms with van der Waals surface area (Å²) in [6, 6.07) is 14.6. The van der Waals surface area contributed by atoms with Crippen molar-refractivity contribution in [2.75, 3.05) is 31.9 Å². The summed E-state index contributed by atoms with van der Waals surface area (Å²) in [5, 5.41) is 12.7. The summed E-state index contributed by atoms with van der Waals surface area (Å²) in [7, 11) is 0. The van der Waals surface area contributed by atoms with E-state index in [0.29, 0.717) is 10.9 Å². The van der Waals surface area contributed by atoms with Gasteiger partial charge in [0.25, 0.3) is 0 Å². The van der Waals surface area contributed by atoms with Crippen LogP contribution in [-0.4, -0.2) is 67.8 Å². The minimum atomic E-state index is 0.134. The van der Waals surface area contributed by atoms with Crippen LogP contribution in [0.1, 0.15) is 22.3 Å². The number of aromatic nitrogens is 4.